The van der Waals surface area contributed by atoms with Gasteiger partial charge in [0.1, 0.15) is 0 Å². The van der Waals surface area contributed by atoms with Crippen molar-refractivity contribution in [3.05, 3.63) is 69.2 Å². The third-order valence-electron chi connectivity index (χ3n) is 7.09. The van der Waals surface area contributed by atoms with E-state index in [-0.39, 0.29) is 45.8 Å². The van der Waals surface area contributed by atoms with Crippen LogP contribution in [0, 0.1) is 5.92 Å². The Balaban J connectivity index is 1.31. The monoisotopic (exact) mass is 592 g/mol. The summed E-state index contributed by atoms with van der Waals surface area (Å²) >= 11 is 6.63. The summed E-state index contributed by atoms with van der Waals surface area (Å²) in [6.07, 6.45) is 0.405. The molecule has 2 N–H and O–H groups in total. The number of hydrogen-bond acceptors (Lipinski definition) is 5. The average Bonchev–Trinajstić information content (AvgIpc) is 3.39. The molecule has 5 rings (SSSR count). The van der Waals surface area contributed by atoms with Gasteiger partial charge in [-0.05, 0) is 78.4 Å². The van der Waals surface area contributed by atoms with Gasteiger partial charge in [0.2, 0.25) is 0 Å². The quantitative estimate of drug-likeness (QED) is 0.312. The number of carbonyl (C=O) groups excluding carboxylic acids is 2. The van der Waals surface area contributed by atoms with Crippen molar-refractivity contribution in [2.24, 2.45) is 5.92 Å². The molecule has 2 aromatic carbocycles. The second-order valence-corrected chi connectivity index (χ2v) is 11.3. The summed E-state index contributed by atoms with van der Waals surface area (Å²) in [5.74, 6) is -0.388. The number of nitrogens with zero attached hydrogens (tertiary/aromatic N) is 3. The maximum absolute atomic E-state index is 13.5. The van der Waals surface area contributed by atoms with Gasteiger partial charge in [0.05, 0.1) is 28.7 Å². The van der Waals surface area contributed by atoms with Crippen LogP contribution in [0.15, 0.2) is 47.5 Å². The predicted octanol–water partition coefficient (Wildman–Crippen LogP) is 6.62. The zero-order chi connectivity index (χ0) is 28.6. The van der Waals surface area contributed by atoms with Crippen LogP contribution in [-0.4, -0.2) is 49.6 Å². The molecule has 8 nitrogen and oxygen atoms in total. The number of carbonyl (C=O) groups is 3. The summed E-state index contributed by atoms with van der Waals surface area (Å²) in [5.41, 5.74) is 0.458. The van der Waals surface area contributed by atoms with E-state index in [1.165, 1.54) is 27.9 Å². The Hall–Kier alpha value is -3.51. The highest BCUT2D eigenvalue weighted by Gasteiger charge is 2.37. The molecule has 40 heavy (non-hydrogen) atoms. The van der Waals surface area contributed by atoms with Crippen LogP contribution in [-0.2, 0) is 17.5 Å². The Morgan fingerprint density at radius 2 is 2.00 bits per heavy atom. The third-order valence-corrected chi connectivity index (χ3v) is 8.23. The summed E-state index contributed by atoms with van der Waals surface area (Å²) in [5, 5.41) is 16.0. The van der Waals surface area contributed by atoms with Crippen molar-refractivity contribution in [2.45, 2.75) is 44.4 Å². The van der Waals surface area contributed by atoms with E-state index in [0.29, 0.717) is 22.9 Å². The molecular weight excluding hydrogens is 569 g/mol. The van der Waals surface area contributed by atoms with E-state index in [2.05, 4.69) is 10.4 Å². The fraction of sp³-hybridized carbons (Fsp3) is 0.333. The number of imide groups is 1. The topological polar surface area (TPSA) is 105 Å². The number of alkyl halides is 3. The SMILES string of the molecule is O=C(O)NC1CCCC(CN2C(=O)S/C(=C\c3ccc4c(cnn4Cc4ccc(Cl)cc4C(F)(F)F)c3)C2=O)C1. The lowest BCUT2D eigenvalue weighted by Gasteiger charge is -2.30. The first-order chi connectivity index (χ1) is 19.0. The van der Waals surface area contributed by atoms with Crippen LogP contribution in [0.1, 0.15) is 42.4 Å². The van der Waals surface area contributed by atoms with Gasteiger partial charge in [-0.2, -0.15) is 18.3 Å². The standard InChI is InChI=1S/C27H24ClF3N4O4S/c28-19-6-5-17(21(11-19)27(29,30)31)14-35-22-7-4-15(8-18(22)12-32-35)10-23-24(36)34(26(39)40-23)13-16-2-1-3-20(9-16)33-25(37)38/h4-8,10-12,16,20,33H,1-3,9,13-14H2,(H,37,38)/b23-10-. The molecule has 0 bridgehead atoms. The number of rotatable bonds is 6. The maximum atomic E-state index is 13.5. The summed E-state index contributed by atoms with van der Waals surface area (Å²) in [6, 6.07) is 8.61. The van der Waals surface area contributed by atoms with E-state index in [1.807, 2.05) is 0 Å². The van der Waals surface area contributed by atoms with Crippen LogP contribution in [0.25, 0.3) is 17.0 Å². The summed E-state index contributed by atoms with van der Waals surface area (Å²) in [7, 11) is 0. The molecule has 2 fully saturated rings. The average molecular weight is 593 g/mol. The van der Waals surface area contributed by atoms with Crippen LogP contribution in [0.5, 0.6) is 0 Å². The first-order valence-electron chi connectivity index (χ1n) is 12.5. The van der Waals surface area contributed by atoms with E-state index in [1.54, 1.807) is 24.3 Å². The van der Waals surface area contributed by atoms with E-state index >= 15 is 0 Å². The molecule has 2 atom stereocenters. The molecule has 210 valence electrons. The molecule has 2 heterocycles. The van der Waals surface area contributed by atoms with Gasteiger partial charge >= 0.3 is 12.3 Å². The number of thioether (sulfide) groups is 1. The molecule has 1 saturated carbocycles. The lowest BCUT2D eigenvalue weighted by molar-refractivity contribution is -0.138. The second-order valence-electron chi connectivity index (χ2n) is 9.89. The Morgan fingerprint density at radius 1 is 1.20 bits per heavy atom. The van der Waals surface area contributed by atoms with Gasteiger partial charge in [-0.25, -0.2) is 4.79 Å². The zero-order valence-electron chi connectivity index (χ0n) is 20.9. The van der Waals surface area contributed by atoms with Gasteiger partial charge in [0.15, 0.2) is 0 Å². The van der Waals surface area contributed by atoms with Crippen molar-refractivity contribution < 1.29 is 32.7 Å². The summed E-state index contributed by atoms with van der Waals surface area (Å²) in [6.45, 7) is 0.119. The summed E-state index contributed by atoms with van der Waals surface area (Å²) < 4.78 is 42.0. The molecule has 13 heteroatoms. The maximum Gasteiger partial charge on any atom is 0.416 e. The second kappa shape index (κ2) is 11.2. The molecule has 3 amide bonds. The number of hydrogen-bond donors (Lipinski definition) is 2. The van der Waals surface area contributed by atoms with Crippen molar-refractivity contribution in [3.63, 3.8) is 0 Å². The molecule has 0 spiro atoms. The lowest BCUT2D eigenvalue weighted by atomic mass is 9.85. The number of halogens is 4. The Kier molecular flexibility index (Phi) is 7.83. The molecule has 1 aliphatic heterocycles. The van der Waals surface area contributed by atoms with E-state index in [4.69, 9.17) is 16.7 Å². The van der Waals surface area contributed by atoms with Crippen molar-refractivity contribution >= 4 is 57.6 Å². The van der Waals surface area contributed by atoms with Crippen LogP contribution >= 0.6 is 23.4 Å². The van der Waals surface area contributed by atoms with Crippen LogP contribution in [0.2, 0.25) is 5.02 Å². The zero-order valence-corrected chi connectivity index (χ0v) is 22.5. The molecule has 2 aliphatic rings. The van der Waals surface area contributed by atoms with Gasteiger partial charge in [0.25, 0.3) is 11.1 Å². The third kappa shape index (κ3) is 6.12. The number of amides is 3. The fourth-order valence-electron chi connectivity index (χ4n) is 5.26. The van der Waals surface area contributed by atoms with E-state index in [0.717, 1.165) is 37.1 Å². The van der Waals surface area contributed by atoms with Crippen LogP contribution < -0.4 is 5.32 Å². The Bertz CT molecular complexity index is 1520. The fourth-order valence-corrected chi connectivity index (χ4v) is 6.28. The molecular formula is C27H24ClF3N4O4S. The van der Waals surface area contributed by atoms with E-state index < -0.39 is 23.7 Å². The Morgan fingerprint density at radius 3 is 2.75 bits per heavy atom. The molecule has 0 radical (unpaired) electrons. The first kappa shape index (κ1) is 28.0. The molecule has 1 aliphatic carbocycles. The van der Waals surface area contributed by atoms with Gasteiger partial charge in [-0.15, -0.1) is 0 Å². The first-order valence-corrected chi connectivity index (χ1v) is 13.7. The van der Waals surface area contributed by atoms with Gasteiger partial charge in [-0.3, -0.25) is 19.2 Å². The highest BCUT2D eigenvalue weighted by molar-refractivity contribution is 8.18. The number of fused-ring (bicyclic) bond motifs is 1. The van der Waals surface area contributed by atoms with Gasteiger partial charge < -0.3 is 10.4 Å². The number of carboxylic acid groups (broad SMARTS) is 1. The largest absolute Gasteiger partial charge is 0.465 e. The van der Waals surface area contributed by atoms with Gasteiger partial charge in [-0.1, -0.05) is 30.2 Å². The molecule has 1 saturated heterocycles. The number of benzene rings is 2. The van der Waals surface area contributed by atoms with Crippen molar-refractivity contribution in [1.82, 2.24) is 20.0 Å². The van der Waals surface area contributed by atoms with Crippen LogP contribution in [0.3, 0.4) is 0 Å². The predicted molar refractivity (Wildman–Crippen MR) is 145 cm³/mol. The minimum atomic E-state index is -4.56. The minimum Gasteiger partial charge on any atom is -0.465 e. The number of aromatic nitrogens is 2. The highest BCUT2D eigenvalue weighted by Crippen LogP contribution is 2.36. The van der Waals surface area contributed by atoms with E-state index in [9.17, 15) is 27.6 Å². The van der Waals surface area contributed by atoms with Crippen molar-refractivity contribution in [1.29, 1.82) is 0 Å². The van der Waals surface area contributed by atoms with Crippen LogP contribution in [0.4, 0.5) is 22.8 Å². The molecule has 2 unspecified atom stereocenters. The number of nitrogens with one attached hydrogen (secondary N) is 1. The molecule has 3 aromatic rings. The lowest BCUT2D eigenvalue weighted by Crippen LogP contribution is -2.41. The molecule has 1 aromatic heterocycles. The van der Waals surface area contributed by atoms with Crippen molar-refractivity contribution in [2.75, 3.05) is 6.54 Å². The van der Waals surface area contributed by atoms with Crippen molar-refractivity contribution in [3.8, 4) is 0 Å². The normalized spacial score (nSPS) is 21.0. The summed E-state index contributed by atoms with van der Waals surface area (Å²) in [4.78, 5) is 38.1. The minimum absolute atomic E-state index is 0.00594. The van der Waals surface area contributed by atoms with Gasteiger partial charge in [0, 0.05) is 23.0 Å². The highest BCUT2D eigenvalue weighted by atomic mass is 35.5. The smallest absolute Gasteiger partial charge is 0.416 e. The Labute approximate surface area is 236 Å².